The molecule has 0 bridgehead atoms. The summed E-state index contributed by atoms with van der Waals surface area (Å²) < 4.78 is 0. The van der Waals surface area contributed by atoms with E-state index in [9.17, 15) is 0 Å². The van der Waals surface area contributed by atoms with E-state index in [0.29, 0.717) is 0 Å². The van der Waals surface area contributed by atoms with Gasteiger partial charge in [0.05, 0.1) is 0 Å². The molecule has 0 aromatic heterocycles. The van der Waals surface area contributed by atoms with Gasteiger partial charge < -0.3 is 10.6 Å². The molecule has 1 saturated heterocycles. The first-order chi connectivity index (χ1) is 8.66. The Kier molecular flexibility index (Phi) is 4.65. The maximum Gasteiger partial charge on any atom is 0.0399 e. The molecule has 1 aliphatic rings. The molecular weight excluding hydrogens is 220 g/mol. The van der Waals surface area contributed by atoms with Crippen LogP contribution in [0.2, 0.25) is 0 Å². The predicted molar refractivity (Wildman–Crippen MR) is 79.2 cm³/mol. The maximum absolute atomic E-state index is 5.99. The lowest BCUT2D eigenvalue weighted by molar-refractivity contribution is 0.725. The molecule has 1 atom stereocenters. The van der Waals surface area contributed by atoms with E-state index in [0.717, 1.165) is 6.42 Å². The lowest BCUT2D eigenvalue weighted by Crippen LogP contribution is -2.27. The number of nitrogens with zero attached hydrogens (tertiary/aromatic N) is 1. The lowest BCUT2D eigenvalue weighted by Gasteiger charge is -2.26. The minimum Gasteiger partial charge on any atom is -0.371 e. The van der Waals surface area contributed by atoms with E-state index in [2.05, 4.69) is 36.9 Å². The molecule has 18 heavy (non-hydrogen) atoms. The number of rotatable bonds is 3. The fraction of sp³-hybridized carbons (Fsp3) is 0.625. The Hall–Kier alpha value is -1.02. The van der Waals surface area contributed by atoms with Crippen molar-refractivity contribution in [1.82, 2.24) is 0 Å². The van der Waals surface area contributed by atoms with Crippen molar-refractivity contribution in [1.29, 1.82) is 0 Å². The number of hydrogen-bond acceptors (Lipinski definition) is 2. The molecule has 2 rings (SSSR count). The van der Waals surface area contributed by atoms with Crippen LogP contribution in [0.1, 0.15) is 43.7 Å². The Morgan fingerprint density at radius 2 is 1.83 bits per heavy atom. The second-order valence-electron chi connectivity index (χ2n) is 5.71. The summed E-state index contributed by atoms with van der Waals surface area (Å²) in [5.41, 5.74) is 10.2. The van der Waals surface area contributed by atoms with Gasteiger partial charge in [-0.2, -0.15) is 0 Å². The molecule has 1 heterocycles. The van der Waals surface area contributed by atoms with Gasteiger partial charge in [-0.05, 0) is 44.7 Å². The quantitative estimate of drug-likeness (QED) is 0.887. The third-order valence-corrected chi connectivity index (χ3v) is 3.72. The van der Waals surface area contributed by atoms with Crippen LogP contribution in [0.4, 0.5) is 5.69 Å². The van der Waals surface area contributed by atoms with Crippen molar-refractivity contribution in [2.45, 2.75) is 52.0 Å². The first-order valence-corrected chi connectivity index (χ1v) is 7.27. The van der Waals surface area contributed by atoms with Crippen LogP contribution in [0.3, 0.4) is 0 Å². The minimum atomic E-state index is 0.234. The first kappa shape index (κ1) is 13.4. The zero-order valence-electron chi connectivity index (χ0n) is 11.8. The van der Waals surface area contributed by atoms with Crippen LogP contribution in [0.15, 0.2) is 18.2 Å². The highest BCUT2D eigenvalue weighted by molar-refractivity contribution is 5.55. The summed E-state index contributed by atoms with van der Waals surface area (Å²) in [5.74, 6) is 0. The molecule has 100 valence electrons. The molecule has 1 unspecified atom stereocenters. The van der Waals surface area contributed by atoms with Gasteiger partial charge >= 0.3 is 0 Å². The molecule has 2 heteroatoms. The number of benzene rings is 1. The fourth-order valence-corrected chi connectivity index (χ4v) is 2.84. The first-order valence-electron chi connectivity index (χ1n) is 7.27. The zero-order valence-corrected chi connectivity index (χ0v) is 11.8. The molecule has 1 fully saturated rings. The van der Waals surface area contributed by atoms with Gasteiger partial charge in [-0.15, -0.1) is 0 Å². The topological polar surface area (TPSA) is 29.3 Å². The van der Waals surface area contributed by atoms with Crippen molar-refractivity contribution >= 4 is 5.69 Å². The average Bonchev–Trinajstić information content (AvgIpc) is 2.57. The maximum atomic E-state index is 5.99. The van der Waals surface area contributed by atoms with Gasteiger partial charge in [0.2, 0.25) is 0 Å². The molecule has 0 amide bonds. The van der Waals surface area contributed by atoms with E-state index in [4.69, 9.17) is 5.73 Å². The smallest absolute Gasteiger partial charge is 0.0399 e. The van der Waals surface area contributed by atoms with Crippen LogP contribution in [-0.2, 0) is 6.42 Å². The fourth-order valence-electron chi connectivity index (χ4n) is 2.84. The summed E-state index contributed by atoms with van der Waals surface area (Å²) >= 11 is 0. The van der Waals surface area contributed by atoms with E-state index in [-0.39, 0.29) is 6.04 Å². The monoisotopic (exact) mass is 246 g/mol. The molecule has 1 aliphatic heterocycles. The molecule has 0 radical (unpaired) electrons. The highest BCUT2D eigenvalue weighted by Crippen LogP contribution is 2.25. The lowest BCUT2D eigenvalue weighted by atomic mass is 10.0. The molecule has 2 nitrogen and oxygen atoms in total. The SMILES string of the molecule is Cc1ccc(N2CCCCCC2)c(CC(C)N)c1. The average molecular weight is 246 g/mol. The number of nitrogens with two attached hydrogens (primary N) is 1. The standard InChI is InChI=1S/C16H26N2/c1-13-7-8-16(15(11-13)12-14(2)17)18-9-5-3-4-6-10-18/h7-8,11,14H,3-6,9-10,12,17H2,1-2H3. The summed E-state index contributed by atoms with van der Waals surface area (Å²) in [6.07, 6.45) is 6.39. The van der Waals surface area contributed by atoms with E-state index < -0.39 is 0 Å². The largest absolute Gasteiger partial charge is 0.371 e. The van der Waals surface area contributed by atoms with Crippen molar-refractivity contribution in [3.63, 3.8) is 0 Å². The van der Waals surface area contributed by atoms with Crippen LogP contribution >= 0.6 is 0 Å². The minimum absolute atomic E-state index is 0.234. The van der Waals surface area contributed by atoms with Crippen molar-refractivity contribution < 1.29 is 0 Å². The third-order valence-electron chi connectivity index (χ3n) is 3.72. The summed E-state index contributed by atoms with van der Waals surface area (Å²) in [7, 11) is 0. The van der Waals surface area contributed by atoms with Crippen LogP contribution in [0.5, 0.6) is 0 Å². The van der Waals surface area contributed by atoms with E-state index in [1.165, 1.54) is 55.6 Å². The van der Waals surface area contributed by atoms with E-state index >= 15 is 0 Å². The third kappa shape index (κ3) is 3.49. The van der Waals surface area contributed by atoms with Crippen LogP contribution in [0.25, 0.3) is 0 Å². The molecule has 0 aliphatic carbocycles. The Morgan fingerprint density at radius 3 is 2.44 bits per heavy atom. The van der Waals surface area contributed by atoms with E-state index in [1.54, 1.807) is 0 Å². The summed E-state index contributed by atoms with van der Waals surface area (Å²) in [4.78, 5) is 2.56. The Labute approximate surface area is 111 Å². The van der Waals surface area contributed by atoms with Crippen molar-refractivity contribution in [3.05, 3.63) is 29.3 Å². The summed E-state index contributed by atoms with van der Waals surface area (Å²) in [6.45, 7) is 6.66. The van der Waals surface area contributed by atoms with Gasteiger partial charge in [0.1, 0.15) is 0 Å². The summed E-state index contributed by atoms with van der Waals surface area (Å²) in [6, 6.07) is 7.06. The van der Waals surface area contributed by atoms with Gasteiger partial charge in [-0.1, -0.05) is 30.5 Å². The van der Waals surface area contributed by atoms with Gasteiger partial charge in [0.25, 0.3) is 0 Å². The van der Waals surface area contributed by atoms with Gasteiger partial charge in [-0.25, -0.2) is 0 Å². The normalized spacial score (nSPS) is 18.5. The molecule has 2 N–H and O–H groups in total. The number of aryl methyl sites for hydroxylation is 1. The van der Waals surface area contributed by atoms with Crippen LogP contribution in [0, 0.1) is 6.92 Å². The van der Waals surface area contributed by atoms with Crippen molar-refractivity contribution in [2.24, 2.45) is 5.73 Å². The highest BCUT2D eigenvalue weighted by Gasteiger charge is 2.14. The Morgan fingerprint density at radius 1 is 1.17 bits per heavy atom. The highest BCUT2D eigenvalue weighted by atomic mass is 15.1. The van der Waals surface area contributed by atoms with E-state index in [1.807, 2.05) is 0 Å². The van der Waals surface area contributed by atoms with Crippen molar-refractivity contribution in [2.75, 3.05) is 18.0 Å². The second kappa shape index (κ2) is 6.24. The van der Waals surface area contributed by atoms with Crippen LogP contribution in [-0.4, -0.2) is 19.1 Å². The van der Waals surface area contributed by atoms with Gasteiger partial charge in [-0.3, -0.25) is 0 Å². The second-order valence-corrected chi connectivity index (χ2v) is 5.71. The number of anilines is 1. The van der Waals surface area contributed by atoms with Gasteiger partial charge in [0.15, 0.2) is 0 Å². The molecule has 1 aromatic rings. The predicted octanol–water partition coefficient (Wildman–Crippen LogP) is 3.27. The molecule has 0 saturated carbocycles. The Balaban J connectivity index is 2.23. The van der Waals surface area contributed by atoms with Gasteiger partial charge in [0, 0.05) is 24.8 Å². The summed E-state index contributed by atoms with van der Waals surface area (Å²) in [5, 5.41) is 0. The Bertz CT molecular complexity index is 377. The molecule has 1 aromatic carbocycles. The zero-order chi connectivity index (χ0) is 13.0. The molecular formula is C16H26N2. The van der Waals surface area contributed by atoms with Crippen molar-refractivity contribution in [3.8, 4) is 0 Å². The number of hydrogen-bond donors (Lipinski definition) is 1. The molecule has 0 spiro atoms. The van der Waals surface area contributed by atoms with Crippen LogP contribution < -0.4 is 10.6 Å².